The highest BCUT2D eigenvalue weighted by molar-refractivity contribution is 7.18. The minimum atomic E-state index is -2.62. The van der Waals surface area contributed by atoms with E-state index in [-0.39, 0.29) is 18.9 Å². The van der Waals surface area contributed by atoms with Gasteiger partial charge in [0.15, 0.2) is 0 Å². The second-order valence-electron chi connectivity index (χ2n) is 5.80. The predicted octanol–water partition coefficient (Wildman–Crippen LogP) is 3.00. The molecular weight excluding hydrogens is 372 g/mol. The van der Waals surface area contributed by atoms with E-state index < -0.39 is 18.9 Å². The molecule has 27 heavy (non-hydrogen) atoms. The Morgan fingerprint density at radius 1 is 1.00 bits per heavy atom. The van der Waals surface area contributed by atoms with Crippen LogP contribution in [0.15, 0.2) is 48.5 Å². The molecule has 8 heteroatoms. The Balaban J connectivity index is 1.60. The molecule has 0 fully saturated rings. The molecule has 0 aliphatic rings. The zero-order chi connectivity index (χ0) is 19.2. The summed E-state index contributed by atoms with van der Waals surface area (Å²) in [6.45, 7) is -1.06. The van der Waals surface area contributed by atoms with Gasteiger partial charge in [0, 0.05) is 0 Å². The number of rotatable bonds is 7. The van der Waals surface area contributed by atoms with E-state index in [0.29, 0.717) is 5.01 Å². The Morgan fingerprint density at radius 2 is 1.78 bits per heavy atom. The minimum Gasteiger partial charge on any atom is -0.349 e. The van der Waals surface area contributed by atoms with Crippen LogP contribution in [0, 0.1) is 0 Å². The van der Waals surface area contributed by atoms with E-state index in [1.807, 2.05) is 53.8 Å². The van der Waals surface area contributed by atoms with Crippen LogP contribution in [-0.4, -0.2) is 36.3 Å². The predicted molar refractivity (Wildman–Crippen MR) is 101 cm³/mol. The molecule has 0 spiro atoms. The summed E-state index contributed by atoms with van der Waals surface area (Å²) in [6, 6.07) is 15.9. The molecule has 2 amide bonds. The van der Waals surface area contributed by atoms with Crippen molar-refractivity contribution in [1.82, 2.24) is 15.6 Å². The normalized spacial score (nSPS) is 10.9. The number of hydrogen-bond donors (Lipinski definition) is 2. The third-order valence-corrected chi connectivity index (χ3v) is 4.77. The van der Waals surface area contributed by atoms with Gasteiger partial charge in [0.25, 0.3) is 6.43 Å². The van der Waals surface area contributed by atoms with Crippen molar-refractivity contribution in [1.29, 1.82) is 0 Å². The topological polar surface area (TPSA) is 71.1 Å². The molecule has 3 rings (SSSR count). The van der Waals surface area contributed by atoms with Crippen LogP contribution in [0.25, 0.3) is 21.3 Å². The Labute approximate surface area is 158 Å². The molecule has 3 aromatic rings. The van der Waals surface area contributed by atoms with Crippen molar-refractivity contribution < 1.29 is 18.4 Å². The molecule has 140 valence electrons. The Hall–Kier alpha value is -2.87. The zero-order valence-electron chi connectivity index (χ0n) is 14.2. The summed E-state index contributed by atoms with van der Waals surface area (Å²) in [5.41, 5.74) is 2.97. The van der Waals surface area contributed by atoms with E-state index in [0.717, 1.165) is 21.3 Å². The van der Waals surface area contributed by atoms with Crippen molar-refractivity contribution >= 4 is 33.4 Å². The Morgan fingerprint density at radius 3 is 2.52 bits per heavy atom. The van der Waals surface area contributed by atoms with Gasteiger partial charge in [-0.3, -0.25) is 9.59 Å². The van der Waals surface area contributed by atoms with Crippen molar-refractivity contribution in [2.24, 2.45) is 0 Å². The SMILES string of the molecule is O=C(CNC(=O)Cc1nc2ccc(-c3ccccc3)cc2s1)NCC(F)F. The van der Waals surface area contributed by atoms with Gasteiger partial charge in [-0.1, -0.05) is 36.4 Å². The number of fused-ring (bicyclic) bond motifs is 1. The zero-order valence-corrected chi connectivity index (χ0v) is 15.1. The average molecular weight is 389 g/mol. The third kappa shape index (κ3) is 5.30. The van der Waals surface area contributed by atoms with Crippen molar-refractivity contribution in [2.45, 2.75) is 12.8 Å². The Kier molecular flexibility index (Phi) is 6.08. The molecule has 0 bridgehead atoms. The van der Waals surface area contributed by atoms with Crippen LogP contribution in [-0.2, 0) is 16.0 Å². The molecule has 1 heterocycles. The second-order valence-corrected chi connectivity index (χ2v) is 6.92. The number of hydrogen-bond acceptors (Lipinski definition) is 4. The maximum absolute atomic E-state index is 12.0. The van der Waals surface area contributed by atoms with Gasteiger partial charge in [-0.25, -0.2) is 13.8 Å². The summed E-state index contributed by atoms with van der Waals surface area (Å²) >= 11 is 1.41. The summed E-state index contributed by atoms with van der Waals surface area (Å²) in [4.78, 5) is 27.7. The number of halogens is 2. The van der Waals surface area contributed by atoms with Gasteiger partial charge < -0.3 is 10.6 Å². The van der Waals surface area contributed by atoms with Crippen LogP contribution in [0.3, 0.4) is 0 Å². The summed E-state index contributed by atoms with van der Waals surface area (Å²) in [5.74, 6) is -1.04. The van der Waals surface area contributed by atoms with Crippen LogP contribution < -0.4 is 10.6 Å². The van der Waals surface area contributed by atoms with Gasteiger partial charge in [-0.2, -0.15) is 0 Å². The van der Waals surface area contributed by atoms with Gasteiger partial charge in [-0.15, -0.1) is 11.3 Å². The number of amides is 2. The first-order chi connectivity index (χ1) is 13.0. The van der Waals surface area contributed by atoms with Crippen molar-refractivity contribution in [3.05, 3.63) is 53.5 Å². The first-order valence-corrected chi connectivity index (χ1v) is 9.09. The fraction of sp³-hybridized carbons (Fsp3) is 0.211. The fourth-order valence-corrected chi connectivity index (χ4v) is 3.50. The molecule has 0 unspecified atom stereocenters. The van der Waals surface area contributed by atoms with Gasteiger partial charge in [-0.05, 0) is 23.3 Å². The van der Waals surface area contributed by atoms with Gasteiger partial charge in [0.1, 0.15) is 5.01 Å². The Bertz CT molecular complexity index is 945. The minimum absolute atomic E-state index is 0.0299. The van der Waals surface area contributed by atoms with E-state index in [1.54, 1.807) is 0 Å². The number of benzene rings is 2. The lowest BCUT2D eigenvalue weighted by Gasteiger charge is -2.05. The number of aromatic nitrogens is 1. The first-order valence-electron chi connectivity index (χ1n) is 8.27. The monoisotopic (exact) mass is 389 g/mol. The molecule has 2 N–H and O–H groups in total. The van der Waals surface area contributed by atoms with E-state index in [4.69, 9.17) is 0 Å². The number of thiazole rings is 1. The number of nitrogens with zero attached hydrogens (tertiary/aromatic N) is 1. The highest BCUT2D eigenvalue weighted by Crippen LogP contribution is 2.28. The first kappa shape index (κ1) is 18.9. The van der Waals surface area contributed by atoms with E-state index in [9.17, 15) is 18.4 Å². The van der Waals surface area contributed by atoms with Crippen LogP contribution in [0.2, 0.25) is 0 Å². The average Bonchev–Trinajstić information content (AvgIpc) is 3.06. The lowest BCUT2D eigenvalue weighted by atomic mass is 10.1. The maximum atomic E-state index is 12.0. The van der Waals surface area contributed by atoms with E-state index >= 15 is 0 Å². The van der Waals surface area contributed by atoms with Crippen molar-refractivity contribution in [3.63, 3.8) is 0 Å². The van der Waals surface area contributed by atoms with Crippen molar-refractivity contribution in [2.75, 3.05) is 13.1 Å². The van der Waals surface area contributed by atoms with Crippen LogP contribution in [0.4, 0.5) is 8.78 Å². The quantitative estimate of drug-likeness (QED) is 0.653. The van der Waals surface area contributed by atoms with Crippen LogP contribution in [0.5, 0.6) is 0 Å². The van der Waals surface area contributed by atoms with Crippen LogP contribution in [0.1, 0.15) is 5.01 Å². The highest BCUT2D eigenvalue weighted by atomic mass is 32.1. The maximum Gasteiger partial charge on any atom is 0.255 e. The lowest BCUT2D eigenvalue weighted by Crippen LogP contribution is -2.39. The standard InChI is InChI=1S/C19H17F2N3O2S/c20-16(21)10-22-18(26)11-23-17(25)9-19-24-14-7-6-13(8-15(14)27-19)12-4-2-1-3-5-12/h1-8,16H,9-11H2,(H,22,26)(H,23,25). The lowest BCUT2D eigenvalue weighted by molar-refractivity contribution is -0.126. The number of carbonyl (C=O) groups is 2. The molecule has 0 saturated carbocycles. The van der Waals surface area contributed by atoms with Gasteiger partial charge in [0.2, 0.25) is 11.8 Å². The summed E-state index contributed by atoms with van der Waals surface area (Å²) < 4.78 is 25.0. The molecule has 1 aromatic heterocycles. The number of nitrogens with one attached hydrogen (secondary N) is 2. The highest BCUT2D eigenvalue weighted by Gasteiger charge is 2.12. The molecule has 0 atom stereocenters. The molecule has 2 aromatic carbocycles. The van der Waals surface area contributed by atoms with Crippen molar-refractivity contribution in [3.8, 4) is 11.1 Å². The third-order valence-electron chi connectivity index (χ3n) is 3.75. The van der Waals surface area contributed by atoms with Crippen LogP contribution >= 0.6 is 11.3 Å². The largest absolute Gasteiger partial charge is 0.349 e. The van der Waals surface area contributed by atoms with E-state index in [1.165, 1.54) is 11.3 Å². The number of alkyl halides is 2. The number of carbonyl (C=O) groups excluding carboxylic acids is 2. The smallest absolute Gasteiger partial charge is 0.255 e. The second kappa shape index (κ2) is 8.68. The molecule has 5 nitrogen and oxygen atoms in total. The fourth-order valence-electron chi connectivity index (χ4n) is 2.49. The van der Waals surface area contributed by atoms with Gasteiger partial charge >= 0.3 is 0 Å². The molecule has 0 aliphatic heterocycles. The molecular formula is C19H17F2N3O2S. The molecule has 0 radical (unpaired) electrons. The summed E-state index contributed by atoms with van der Waals surface area (Å²) in [5, 5.41) is 5.06. The van der Waals surface area contributed by atoms with Gasteiger partial charge in [0.05, 0.1) is 29.7 Å². The summed E-state index contributed by atoms with van der Waals surface area (Å²) in [7, 11) is 0. The van der Waals surface area contributed by atoms with E-state index in [2.05, 4.69) is 10.3 Å². The molecule has 0 aliphatic carbocycles. The summed E-state index contributed by atoms with van der Waals surface area (Å²) in [6.07, 6.45) is -2.59. The molecule has 0 saturated heterocycles.